The van der Waals surface area contributed by atoms with E-state index in [0.717, 1.165) is 0 Å². The number of aromatic nitrogens is 1. The lowest BCUT2D eigenvalue weighted by Crippen LogP contribution is -2.06. The monoisotopic (exact) mass is 189 g/mol. The summed E-state index contributed by atoms with van der Waals surface area (Å²) in [7, 11) is 0. The fourth-order valence-electron chi connectivity index (χ4n) is 0.310. The van der Waals surface area contributed by atoms with Gasteiger partial charge in [0.2, 0.25) is 0 Å². The summed E-state index contributed by atoms with van der Waals surface area (Å²) in [6, 6.07) is 0. The van der Waals surface area contributed by atoms with Gasteiger partial charge in [-0.3, -0.25) is 14.6 Å². The third kappa shape index (κ3) is 8.32. The second-order valence-electron chi connectivity index (χ2n) is 2.75. The molecule has 0 saturated heterocycles. The summed E-state index contributed by atoms with van der Waals surface area (Å²) >= 11 is 0. The highest BCUT2D eigenvalue weighted by molar-refractivity contribution is 5.56. The van der Waals surface area contributed by atoms with Gasteiger partial charge in [0, 0.05) is 0 Å². The van der Waals surface area contributed by atoms with Crippen molar-refractivity contribution >= 4 is 6.16 Å². The molecule has 74 valence electrons. The highest BCUT2D eigenvalue weighted by Crippen LogP contribution is 1.91. The molecular weight excluding hydrogens is 178 g/mol. The molecule has 0 amide bonds. The molecule has 0 atom stereocenters. The lowest BCUT2D eigenvalue weighted by Gasteiger charge is -2.00. The van der Waals surface area contributed by atoms with Crippen LogP contribution in [0.25, 0.3) is 0 Å². The van der Waals surface area contributed by atoms with Crippen LogP contribution in [0.15, 0.2) is 9.59 Å². The summed E-state index contributed by atoms with van der Waals surface area (Å²) < 4.78 is 4.22. The number of hydrogen-bond acceptors (Lipinski definition) is 4. The molecule has 0 aliphatic rings. The van der Waals surface area contributed by atoms with Gasteiger partial charge in [0.15, 0.2) is 0 Å². The first kappa shape index (κ1) is 11.4. The van der Waals surface area contributed by atoms with Crippen LogP contribution >= 0.6 is 0 Å². The fraction of sp³-hybridized carbons (Fsp3) is 0.571. The van der Waals surface area contributed by atoms with Crippen LogP contribution in [0, 0.1) is 5.92 Å². The molecule has 0 aliphatic carbocycles. The number of hydrogen-bond donors (Lipinski definition) is 2. The molecular formula is C7H11NO5. The van der Waals surface area contributed by atoms with Gasteiger partial charge in [-0.1, -0.05) is 13.8 Å². The minimum Gasteiger partial charge on any atom is -0.450 e. The molecule has 0 aromatic carbocycles. The summed E-state index contributed by atoms with van der Waals surface area (Å²) in [4.78, 5) is 30.5. The maximum Gasteiger partial charge on any atom is 0.505 e. The molecule has 6 heteroatoms. The molecule has 1 aromatic rings. The zero-order chi connectivity index (χ0) is 10.4. The third-order valence-electron chi connectivity index (χ3n) is 0.911. The van der Waals surface area contributed by atoms with Gasteiger partial charge in [0.05, 0.1) is 6.61 Å². The smallest absolute Gasteiger partial charge is 0.450 e. The molecule has 1 rings (SSSR count). The van der Waals surface area contributed by atoms with E-state index in [2.05, 4.69) is 4.74 Å². The zero-order valence-electron chi connectivity index (χ0n) is 7.36. The van der Waals surface area contributed by atoms with Crippen molar-refractivity contribution in [2.24, 2.45) is 5.92 Å². The van der Waals surface area contributed by atoms with Gasteiger partial charge in [0.1, 0.15) is 0 Å². The Morgan fingerprint density at radius 3 is 1.92 bits per heavy atom. The normalized spacial score (nSPS) is 9.46. The quantitative estimate of drug-likeness (QED) is 0.502. The molecule has 0 saturated carbocycles. The standard InChI is InChI=1S/C5H10O3.C2HNO2/c1-4(2)3-8-5(6)7;4-1-2(5)3-1/h4H,3H2,1-2H3,(H,6,7);(H,3,4,5). The van der Waals surface area contributed by atoms with Crippen LogP contribution in [-0.4, -0.2) is 22.9 Å². The fourth-order valence-corrected chi connectivity index (χ4v) is 0.310. The average Bonchev–Trinajstić information content (AvgIpc) is 2.62. The van der Waals surface area contributed by atoms with Crippen LogP contribution < -0.4 is 11.1 Å². The Bertz CT molecular complexity index is 298. The van der Waals surface area contributed by atoms with Crippen molar-refractivity contribution in [3.8, 4) is 0 Å². The van der Waals surface area contributed by atoms with Gasteiger partial charge < -0.3 is 9.84 Å². The maximum absolute atomic E-state index is 9.68. The van der Waals surface area contributed by atoms with E-state index in [1.807, 2.05) is 18.8 Å². The Balaban J connectivity index is 0.000000243. The summed E-state index contributed by atoms with van der Waals surface area (Å²) in [6.07, 6.45) is -1.20. The number of carbonyl (C=O) groups is 1. The molecule has 0 fully saturated rings. The molecule has 0 aliphatic heterocycles. The number of H-pyrrole nitrogens is 1. The van der Waals surface area contributed by atoms with Gasteiger partial charge in [-0.15, -0.1) is 0 Å². The molecule has 6 nitrogen and oxygen atoms in total. The van der Waals surface area contributed by atoms with Crippen LogP contribution in [0.5, 0.6) is 0 Å². The van der Waals surface area contributed by atoms with E-state index in [-0.39, 0.29) is 12.5 Å². The van der Waals surface area contributed by atoms with E-state index >= 15 is 0 Å². The van der Waals surface area contributed by atoms with E-state index in [4.69, 9.17) is 5.11 Å². The van der Waals surface area contributed by atoms with Crippen molar-refractivity contribution in [1.82, 2.24) is 4.98 Å². The highest BCUT2D eigenvalue weighted by Gasteiger charge is 1.97. The average molecular weight is 189 g/mol. The lowest BCUT2D eigenvalue weighted by atomic mass is 10.2. The van der Waals surface area contributed by atoms with Crippen molar-refractivity contribution < 1.29 is 14.6 Å². The zero-order valence-corrected chi connectivity index (χ0v) is 7.36. The van der Waals surface area contributed by atoms with Gasteiger partial charge in [-0.25, -0.2) is 4.79 Å². The Morgan fingerprint density at radius 1 is 1.46 bits per heavy atom. The van der Waals surface area contributed by atoms with Crippen LogP contribution in [0.1, 0.15) is 13.8 Å². The molecule has 1 heterocycles. The molecule has 0 bridgehead atoms. The number of carboxylic acid groups (broad SMARTS) is 1. The van der Waals surface area contributed by atoms with Crippen LogP contribution in [0.2, 0.25) is 0 Å². The molecule has 0 spiro atoms. The van der Waals surface area contributed by atoms with Gasteiger partial charge in [0.25, 0.3) is 0 Å². The van der Waals surface area contributed by atoms with Gasteiger partial charge in [-0.2, -0.15) is 0 Å². The van der Waals surface area contributed by atoms with E-state index in [1.54, 1.807) is 0 Å². The molecule has 13 heavy (non-hydrogen) atoms. The van der Waals surface area contributed by atoms with Crippen LogP contribution in [0.4, 0.5) is 4.79 Å². The number of nitrogens with one attached hydrogen (secondary N) is 1. The Labute approximate surface area is 73.8 Å². The van der Waals surface area contributed by atoms with Crippen LogP contribution in [0.3, 0.4) is 0 Å². The van der Waals surface area contributed by atoms with E-state index < -0.39 is 17.3 Å². The second kappa shape index (κ2) is 5.13. The number of ether oxygens (including phenoxy) is 1. The maximum atomic E-state index is 9.68. The first-order chi connectivity index (χ1) is 5.93. The summed E-state index contributed by atoms with van der Waals surface area (Å²) in [6.45, 7) is 4.07. The lowest BCUT2D eigenvalue weighted by molar-refractivity contribution is 0.0814. The molecule has 0 radical (unpaired) electrons. The Hall–Kier alpha value is -1.59. The molecule has 2 N–H and O–H groups in total. The first-order valence-electron chi connectivity index (χ1n) is 3.64. The largest absolute Gasteiger partial charge is 0.505 e. The Morgan fingerprint density at radius 2 is 1.85 bits per heavy atom. The van der Waals surface area contributed by atoms with Crippen molar-refractivity contribution in [2.45, 2.75) is 13.8 Å². The minimum absolute atomic E-state index is 0.283. The topological polar surface area (TPSA) is 96.5 Å². The van der Waals surface area contributed by atoms with E-state index in [9.17, 15) is 14.4 Å². The third-order valence-corrected chi connectivity index (χ3v) is 0.911. The van der Waals surface area contributed by atoms with Crippen LogP contribution in [-0.2, 0) is 4.74 Å². The highest BCUT2D eigenvalue weighted by atomic mass is 16.7. The number of aromatic amines is 1. The van der Waals surface area contributed by atoms with E-state index in [1.165, 1.54) is 0 Å². The van der Waals surface area contributed by atoms with E-state index in [0.29, 0.717) is 0 Å². The predicted octanol–water partition coefficient (Wildman–Crippen LogP) is -0.0523. The number of rotatable bonds is 2. The first-order valence-corrected chi connectivity index (χ1v) is 3.64. The molecule has 1 aromatic heterocycles. The van der Waals surface area contributed by atoms with Crippen molar-refractivity contribution in [3.05, 3.63) is 20.7 Å². The van der Waals surface area contributed by atoms with Gasteiger partial charge >= 0.3 is 17.3 Å². The predicted molar refractivity (Wildman–Crippen MR) is 44.5 cm³/mol. The SMILES string of the molecule is CC(C)COC(=O)O.O=c1[nH]c1=O. The van der Waals surface area contributed by atoms with Crippen molar-refractivity contribution in [2.75, 3.05) is 6.61 Å². The second-order valence-corrected chi connectivity index (χ2v) is 2.75. The summed E-state index contributed by atoms with van der Waals surface area (Å²) in [5.41, 5.74) is -0.935. The Kier molecular flexibility index (Phi) is 4.50. The minimum atomic E-state index is -1.20. The van der Waals surface area contributed by atoms with Gasteiger partial charge in [-0.05, 0) is 5.92 Å². The molecule has 0 unspecified atom stereocenters. The summed E-state index contributed by atoms with van der Waals surface area (Å²) in [5, 5.41) is 7.94. The van der Waals surface area contributed by atoms with Crippen molar-refractivity contribution in [1.29, 1.82) is 0 Å². The van der Waals surface area contributed by atoms with Crippen molar-refractivity contribution in [3.63, 3.8) is 0 Å². The summed E-state index contributed by atoms with van der Waals surface area (Å²) in [5.74, 6) is 0.283.